The Morgan fingerprint density at radius 3 is 2.87 bits per heavy atom. The number of aliphatic hydroxyl groups is 1. The average Bonchev–Trinajstić information content (AvgIpc) is 2.42. The van der Waals surface area contributed by atoms with Crippen LogP contribution in [0.25, 0.3) is 0 Å². The highest BCUT2D eigenvalue weighted by Crippen LogP contribution is 2.09. The number of hydrogen-bond donors (Lipinski definition) is 2. The summed E-state index contributed by atoms with van der Waals surface area (Å²) >= 11 is 0. The van der Waals surface area contributed by atoms with Crippen molar-refractivity contribution in [3.8, 4) is 0 Å². The second-order valence-corrected chi connectivity index (χ2v) is 3.73. The molecule has 0 aliphatic rings. The molecule has 1 aromatic rings. The lowest BCUT2D eigenvalue weighted by Gasteiger charge is -2.06. The predicted octanol–water partition coefficient (Wildman–Crippen LogP) is 0.828. The van der Waals surface area contributed by atoms with E-state index in [0.29, 0.717) is 18.7 Å². The predicted molar refractivity (Wildman–Crippen MR) is 57.5 cm³/mol. The van der Waals surface area contributed by atoms with Crippen LogP contribution in [0.4, 0.5) is 5.82 Å². The van der Waals surface area contributed by atoms with E-state index in [4.69, 9.17) is 5.11 Å². The van der Waals surface area contributed by atoms with Crippen molar-refractivity contribution in [2.45, 2.75) is 32.8 Å². The smallest absolute Gasteiger partial charge is 0.225 e. The lowest BCUT2D eigenvalue weighted by Crippen LogP contribution is -2.16. The summed E-state index contributed by atoms with van der Waals surface area (Å²) in [4.78, 5) is 11.4. The van der Waals surface area contributed by atoms with E-state index in [1.165, 1.54) is 0 Å². The number of aliphatic hydroxyl groups excluding tert-OH is 1. The lowest BCUT2D eigenvalue weighted by molar-refractivity contribution is -0.116. The molecule has 15 heavy (non-hydrogen) atoms. The molecule has 0 aromatic carbocycles. The molecule has 0 saturated heterocycles. The highest BCUT2D eigenvalue weighted by molar-refractivity contribution is 5.89. The van der Waals surface area contributed by atoms with Gasteiger partial charge in [0.25, 0.3) is 0 Å². The summed E-state index contributed by atoms with van der Waals surface area (Å²) in [5.41, 5.74) is 0.864. The maximum atomic E-state index is 11.4. The Hall–Kier alpha value is -1.36. The highest BCUT2D eigenvalue weighted by atomic mass is 16.3. The van der Waals surface area contributed by atoms with Crippen LogP contribution >= 0.6 is 0 Å². The third-order valence-electron chi connectivity index (χ3n) is 2.06. The van der Waals surface area contributed by atoms with E-state index in [-0.39, 0.29) is 5.91 Å². The average molecular weight is 211 g/mol. The molecule has 2 N–H and O–H groups in total. The zero-order valence-corrected chi connectivity index (χ0v) is 9.32. The molecule has 1 aromatic heterocycles. The monoisotopic (exact) mass is 211 g/mol. The van der Waals surface area contributed by atoms with Gasteiger partial charge in [0.05, 0.1) is 11.8 Å². The summed E-state index contributed by atoms with van der Waals surface area (Å²) in [7, 11) is 1.78. The normalized spacial score (nSPS) is 12.5. The third-order valence-corrected chi connectivity index (χ3v) is 2.06. The van der Waals surface area contributed by atoms with Gasteiger partial charge in [-0.2, -0.15) is 5.10 Å². The summed E-state index contributed by atoms with van der Waals surface area (Å²) in [6, 6.07) is 1.81. The summed E-state index contributed by atoms with van der Waals surface area (Å²) in [5, 5.41) is 15.9. The van der Waals surface area contributed by atoms with Crippen molar-refractivity contribution >= 4 is 11.7 Å². The van der Waals surface area contributed by atoms with Gasteiger partial charge in [-0.1, -0.05) is 0 Å². The van der Waals surface area contributed by atoms with E-state index in [9.17, 15) is 4.79 Å². The van der Waals surface area contributed by atoms with Gasteiger partial charge >= 0.3 is 0 Å². The molecule has 0 bridgehead atoms. The van der Waals surface area contributed by atoms with Crippen molar-refractivity contribution in [3.63, 3.8) is 0 Å². The minimum atomic E-state index is -0.441. The minimum absolute atomic E-state index is 0.0982. The molecule has 0 saturated carbocycles. The molecule has 84 valence electrons. The molecule has 1 amide bonds. The fraction of sp³-hybridized carbons (Fsp3) is 0.600. The van der Waals surface area contributed by atoms with Gasteiger partial charge in [0.1, 0.15) is 5.82 Å². The molecular weight excluding hydrogens is 194 g/mol. The molecule has 1 rings (SSSR count). The SMILES string of the molecule is Cc1cc(NC(=O)CCC(C)O)n(C)n1. The molecule has 0 spiro atoms. The maximum absolute atomic E-state index is 11.4. The number of amides is 1. The van der Waals surface area contributed by atoms with E-state index in [1.54, 1.807) is 24.7 Å². The summed E-state index contributed by atoms with van der Waals surface area (Å²) in [6.45, 7) is 3.53. The number of carbonyl (C=O) groups is 1. The number of aryl methyl sites for hydroxylation is 2. The zero-order valence-electron chi connectivity index (χ0n) is 9.32. The number of aromatic nitrogens is 2. The first kappa shape index (κ1) is 11.7. The van der Waals surface area contributed by atoms with Gasteiger partial charge < -0.3 is 10.4 Å². The number of anilines is 1. The van der Waals surface area contributed by atoms with Crippen LogP contribution in [0.3, 0.4) is 0 Å². The van der Waals surface area contributed by atoms with Crippen LogP contribution in [0.5, 0.6) is 0 Å². The van der Waals surface area contributed by atoms with E-state index in [0.717, 1.165) is 5.69 Å². The molecule has 5 nitrogen and oxygen atoms in total. The Balaban J connectivity index is 2.48. The lowest BCUT2D eigenvalue weighted by atomic mass is 10.2. The maximum Gasteiger partial charge on any atom is 0.225 e. The zero-order chi connectivity index (χ0) is 11.4. The number of carbonyl (C=O) groups excluding carboxylic acids is 1. The largest absolute Gasteiger partial charge is 0.393 e. The van der Waals surface area contributed by atoms with Crippen LogP contribution in [0.15, 0.2) is 6.07 Å². The van der Waals surface area contributed by atoms with E-state index >= 15 is 0 Å². The molecule has 1 heterocycles. The van der Waals surface area contributed by atoms with E-state index in [2.05, 4.69) is 10.4 Å². The van der Waals surface area contributed by atoms with Gasteiger partial charge in [-0.25, -0.2) is 0 Å². The van der Waals surface area contributed by atoms with Gasteiger partial charge in [-0.3, -0.25) is 9.48 Å². The van der Waals surface area contributed by atoms with Gasteiger partial charge in [-0.15, -0.1) is 0 Å². The molecular formula is C10H17N3O2. The molecule has 5 heteroatoms. The minimum Gasteiger partial charge on any atom is -0.393 e. The standard InChI is InChI=1S/C10H17N3O2/c1-7-6-9(13(3)12-7)11-10(15)5-4-8(2)14/h6,8,14H,4-5H2,1-3H3,(H,11,15). The molecule has 0 radical (unpaired) electrons. The molecule has 0 fully saturated rings. The third kappa shape index (κ3) is 3.71. The fourth-order valence-electron chi connectivity index (χ4n) is 1.27. The Morgan fingerprint density at radius 1 is 1.73 bits per heavy atom. The van der Waals surface area contributed by atoms with Crippen molar-refractivity contribution in [1.29, 1.82) is 0 Å². The van der Waals surface area contributed by atoms with E-state index < -0.39 is 6.10 Å². The van der Waals surface area contributed by atoms with Gasteiger partial charge in [-0.05, 0) is 20.3 Å². The fourth-order valence-corrected chi connectivity index (χ4v) is 1.27. The number of rotatable bonds is 4. The summed E-state index contributed by atoms with van der Waals surface area (Å²) in [6.07, 6.45) is 0.355. The van der Waals surface area contributed by atoms with Gasteiger partial charge in [0.2, 0.25) is 5.91 Å². The molecule has 0 aliphatic heterocycles. The van der Waals surface area contributed by atoms with Crippen LogP contribution in [-0.4, -0.2) is 26.9 Å². The molecule has 1 atom stereocenters. The Bertz CT molecular complexity index is 344. The van der Waals surface area contributed by atoms with Crippen molar-refractivity contribution in [2.24, 2.45) is 7.05 Å². The van der Waals surface area contributed by atoms with Crippen LogP contribution in [0.1, 0.15) is 25.5 Å². The number of hydrogen-bond acceptors (Lipinski definition) is 3. The van der Waals surface area contributed by atoms with Crippen molar-refractivity contribution in [2.75, 3.05) is 5.32 Å². The Morgan fingerprint density at radius 2 is 2.40 bits per heavy atom. The van der Waals surface area contributed by atoms with Crippen LogP contribution < -0.4 is 5.32 Å². The first-order valence-electron chi connectivity index (χ1n) is 4.97. The topological polar surface area (TPSA) is 67.2 Å². The van der Waals surface area contributed by atoms with Crippen LogP contribution in [0.2, 0.25) is 0 Å². The Labute approximate surface area is 89.1 Å². The van der Waals surface area contributed by atoms with Gasteiger partial charge in [0, 0.05) is 19.5 Å². The number of nitrogens with one attached hydrogen (secondary N) is 1. The quantitative estimate of drug-likeness (QED) is 0.775. The van der Waals surface area contributed by atoms with Crippen molar-refractivity contribution in [3.05, 3.63) is 11.8 Å². The first-order chi connectivity index (χ1) is 6.99. The molecule has 1 unspecified atom stereocenters. The Kier molecular flexibility index (Phi) is 3.85. The number of nitrogens with zero attached hydrogens (tertiary/aromatic N) is 2. The summed E-state index contributed by atoms with van der Waals surface area (Å²) < 4.78 is 1.62. The highest BCUT2D eigenvalue weighted by Gasteiger charge is 2.07. The molecule has 0 aliphatic carbocycles. The first-order valence-corrected chi connectivity index (χ1v) is 4.97. The van der Waals surface area contributed by atoms with Gasteiger partial charge in [0.15, 0.2) is 0 Å². The van der Waals surface area contributed by atoms with Crippen molar-refractivity contribution in [1.82, 2.24) is 9.78 Å². The second kappa shape index (κ2) is 4.93. The van der Waals surface area contributed by atoms with Crippen LogP contribution in [-0.2, 0) is 11.8 Å². The second-order valence-electron chi connectivity index (χ2n) is 3.73. The van der Waals surface area contributed by atoms with Crippen LogP contribution in [0, 0.1) is 6.92 Å². The van der Waals surface area contributed by atoms with Crippen molar-refractivity contribution < 1.29 is 9.90 Å². The summed E-state index contributed by atoms with van der Waals surface area (Å²) in [5.74, 6) is 0.585. The van der Waals surface area contributed by atoms with E-state index in [1.807, 2.05) is 6.92 Å².